The number of halogens is 3. The molecule has 2 aromatic rings. The first-order valence-corrected chi connectivity index (χ1v) is 7.60. The van der Waals surface area contributed by atoms with Crippen LogP contribution in [0.3, 0.4) is 0 Å². The van der Waals surface area contributed by atoms with Crippen LogP contribution in [0.15, 0.2) is 42.5 Å². The van der Waals surface area contributed by atoms with E-state index in [-0.39, 0.29) is 11.5 Å². The van der Waals surface area contributed by atoms with E-state index in [1.807, 2.05) is 0 Å². The van der Waals surface area contributed by atoms with Gasteiger partial charge in [0.2, 0.25) is 5.91 Å². The van der Waals surface area contributed by atoms with E-state index in [2.05, 4.69) is 10.6 Å². The molecule has 2 amide bonds. The van der Waals surface area contributed by atoms with Crippen LogP contribution >= 0.6 is 0 Å². The monoisotopic (exact) mass is 350 g/mol. The van der Waals surface area contributed by atoms with Gasteiger partial charge in [-0.1, -0.05) is 6.92 Å². The van der Waals surface area contributed by atoms with Crippen molar-refractivity contribution in [3.63, 3.8) is 0 Å². The Morgan fingerprint density at radius 3 is 2.16 bits per heavy atom. The van der Waals surface area contributed by atoms with Gasteiger partial charge in [0.25, 0.3) is 5.91 Å². The predicted molar refractivity (Wildman–Crippen MR) is 89.5 cm³/mol. The van der Waals surface area contributed by atoms with Gasteiger partial charge >= 0.3 is 6.18 Å². The summed E-state index contributed by atoms with van der Waals surface area (Å²) in [6.07, 6.45) is -4.09. The average molecular weight is 350 g/mol. The molecule has 0 aliphatic rings. The van der Waals surface area contributed by atoms with Crippen molar-refractivity contribution < 1.29 is 22.8 Å². The number of aryl methyl sites for hydroxylation is 1. The summed E-state index contributed by atoms with van der Waals surface area (Å²) in [7, 11) is 0. The van der Waals surface area contributed by atoms with Crippen LogP contribution < -0.4 is 10.6 Å². The highest BCUT2D eigenvalue weighted by molar-refractivity contribution is 6.04. The Labute approximate surface area is 143 Å². The van der Waals surface area contributed by atoms with E-state index < -0.39 is 17.6 Å². The number of alkyl halides is 3. The van der Waals surface area contributed by atoms with Gasteiger partial charge < -0.3 is 10.6 Å². The molecule has 2 rings (SSSR count). The lowest BCUT2D eigenvalue weighted by molar-refractivity contribution is -0.137. The quantitative estimate of drug-likeness (QED) is 0.846. The third kappa shape index (κ3) is 4.82. The molecule has 0 unspecified atom stereocenters. The third-order valence-electron chi connectivity index (χ3n) is 3.55. The summed E-state index contributed by atoms with van der Waals surface area (Å²) in [4.78, 5) is 23.6. The molecule has 0 atom stereocenters. The second-order valence-electron chi connectivity index (χ2n) is 5.46. The molecule has 7 heteroatoms. The lowest BCUT2D eigenvalue weighted by atomic mass is 10.1. The minimum absolute atomic E-state index is 0.121. The number of hydrogen-bond donors (Lipinski definition) is 2. The summed E-state index contributed by atoms with van der Waals surface area (Å²) in [6, 6.07) is 8.96. The molecule has 132 valence electrons. The van der Waals surface area contributed by atoms with Gasteiger partial charge in [0.1, 0.15) is 0 Å². The van der Waals surface area contributed by atoms with E-state index in [0.29, 0.717) is 23.4 Å². The number of amides is 2. The van der Waals surface area contributed by atoms with Crippen molar-refractivity contribution >= 4 is 23.2 Å². The van der Waals surface area contributed by atoms with E-state index >= 15 is 0 Å². The first-order chi connectivity index (χ1) is 11.7. The van der Waals surface area contributed by atoms with E-state index in [1.54, 1.807) is 32.0 Å². The molecule has 0 heterocycles. The van der Waals surface area contributed by atoms with Gasteiger partial charge in [0, 0.05) is 23.4 Å². The van der Waals surface area contributed by atoms with Crippen LogP contribution in [0, 0.1) is 6.92 Å². The second kappa shape index (κ2) is 7.38. The Kier molecular flexibility index (Phi) is 5.46. The molecule has 25 heavy (non-hydrogen) atoms. The Bertz CT molecular complexity index is 784. The SMILES string of the molecule is CCC(=O)Nc1ccc(NC(=O)c2ccc(C(F)(F)F)cc2)c(C)c1. The third-order valence-corrected chi connectivity index (χ3v) is 3.55. The zero-order chi connectivity index (χ0) is 18.6. The fourth-order valence-electron chi connectivity index (χ4n) is 2.14. The second-order valence-corrected chi connectivity index (χ2v) is 5.46. The number of carbonyl (C=O) groups is 2. The lowest BCUT2D eigenvalue weighted by Crippen LogP contribution is -2.14. The van der Waals surface area contributed by atoms with Gasteiger partial charge in [-0.15, -0.1) is 0 Å². The molecule has 0 bridgehead atoms. The average Bonchev–Trinajstić information content (AvgIpc) is 2.56. The van der Waals surface area contributed by atoms with Crippen molar-refractivity contribution in [2.24, 2.45) is 0 Å². The lowest BCUT2D eigenvalue weighted by Gasteiger charge is -2.12. The molecular formula is C18H17F3N2O2. The molecule has 2 aromatic carbocycles. The van der Waals surface area contributed by atoms with Crippen LogP contribution in [0.2, 0.25) is 0 Å². The Morgan fingerprint density at radius 2 is 1.64 bits per heavy atom. The Balaban J connectivity index is 2.11. The summed E-state index contributed by atoms with van der Waals surface area (Å²) >= 11 is 0. The highest BCUT2D eigenvalue weighted by Gasteiger charge is 2.30. The number of anilines is 2. The Hall–Kier alpha value is -2.83. The van der Waals surface area contributed by atoms with Crippen LogP contribution in [0.5, 0.6) is 0 Å². The minimum Gasteiger partial charge on any atom is -0.326 e. The van der Waals surface area contributed by atoms with Crippen molar-refractivity contribution in [1.29, 1.82) is 0 Å². The van der Waals surface area contributed by atoms with Crippen LogP contribution in [0.4, 0.5) is 24.5 Å². The van der Waals surface area contributed by atoms with Crippen LogP contribution in [0.1, 0.15) is 34.8 Å². The van der Waals surface area contributed by atoms with Crippen molar-refractivity contribution in [2.45, 2.75) is 26.4 Å². The molecule has 0 fully saturated rings. The van der Waals surface area contributed by atoms with E-state index in [9.17, 15) is 22.8 Å². The zero-order valence-corrected chi connectivity index (χ0v) is 13.7. The number of rotatable bonds is 4. The first kappa shape index (κ1) is 18.5. The normalized spacial score (nSPS) is 11.1. The number of nitrogens with one attached hydrogen (secondary N) is 2. The summed E-state index contributed by atoms with van der Waals surface area (Å²) in [5, 5.41) is 5.35. The predicted octanol–water partition coefficient (Wildman–Crippen LogP) is 4.61. The molecule has 0 aromatic heterocycles. The highest BCUT2D eigenvalue weighted by atomic mass is 19.4. The van der Waals surface area contributed by atoms with E-state index in [4.69, 9.17) is 0 Å². The van der Waals surface area contributed by atoms with Gasteiger partial charge in [0.15, 0.2) is 0 Å². The number of benzene rings is 2. The Morgan fingerprint density at radius 1 is 1.00 bits per heavy atom. The van der Waals surface area contributed by atoms with Crippen molar-refractivity contribution in [2.75, 3.05) is 10.6 Å². The molecule has 0 aliphatic heterocycles. The van der Waals surface area contributed by atoms with Gasteiger partial charge in [-0.2, -0.15) is 13.2 Å². The van der Waals surface area contributed by atoms with Crippen molar-refractivity contribution in [1.82, 2.24) is 0 Å². The first-order valence-electron chi connectivity index (χ1n) is 7.60. The van der Waals surface area contributed by atoms with Crippen LogP contribution in [-0.4, -0.2) is 11.8 Å². The highest BCUT2D eigenvalue weighted by Crippen LogP contribution is 2.29. The van der Waals surface area contributed by atoms with Gasteiger partial charge in [0.05, 0.1) is 5.56 Å². The topological polar surface area (TPSA) is 58.2 Å². The molecule has 0 spiro atoms. The van der Waals surface area contributed by atoms with Gasteiger partial charge in [-0.3, -0.25) is 9.59 Å². The summed E-state index contributed by atoms with van der Waals surface area (Å²) in [6.45, 7) is 3.49. The molecule has 0 radical (unpaired) electrons. The van der Waals surface area contributed by atoms with E-state index in [1.165, 1.54) is 0 Å². The summed E-state index contributed by atoms with van der Waals surface area (Å²) in [5.74, 6) is -0.636. The maximum atomic E-state index is 12.5. The largest absolute Gasteiger partial charge is 0.416 e. The van der Waals surface area contributed by atoms with Crippen LogP contribution in [-0.2, 0) is 11.0 Å². The van der Waals surface area contributed by atoms with Crippen molar-refractivity contribution in [3.05, 3.63) is 59.2 Å². The standard InChI is InChI=1S/C18H17F3N2O2/c1-3-16(24)22-14-8-9-15(11(2)10-14)23-17(25)12-4-6-13(7-5-12)18(19,20)21/h4-10H,3H2,1-2H3,(H,22,24)(H,23,25). The maximum absolute atomic E-state index is 12.5. The van der Waals surface area contributed by atoms with Crippen LogP contribution in [0.25, 0.3) is 0 Å². The van der Waals surface area contributed by atoms with Gasteiger partial charge in [-0.05, 0) is 55.0 Å². The molecular weight excluding hydrogens is 333 g/mol. The smallest absolute Gasteiger partial charge is 0.326 e. The van der Waals surface area contributed by atoms with E-state index in [0.717, 1.165) is 24.3 Å². The minimum atomic E-state index is -4.44. The molecule has 4 nitrogen and oxygen atoms in total. The summed E-state index contributed by atoms with van der Waals surface area (Å²) < 4.78 is 37.6. The molecule has 2 N–H and O–H groups in total. The molecule has 0 aliphatic carbocycles. The summed E-state index contributed by atoms with van der Waals surface area (Å²) in [5.41, 5.74) is 1.15. The molecule has 0 saturated heterocycles. The zero-order valence-electron chi connectivity index (χ0n) is 13.7. The number of carbonyl (C=O) groups excluding carboxylic acids is 2. The fraction of sp³-hybridized carbons (Fsp3) is 0.222. The fourth-order valence-corrected chi connectivity index (χ4v) is 2.14. The van der Waals surface area contributed by atoms with Gasteiger partial charge in [-0.25, -0.2) is 0 Å². The number of hydrogen-bond acceptors (Lipinski definition) is 2. The van der Waals surface area contributed by atoms with Crippen molar-refractivity contribution in [3.8, 4) is 0 Å². The maximum Gasteiger partial charge on any atom is 0.416 e. The molecule has 0 saturated carbocycles.